The highest BCUT2D eigenvalue weighted by atomic mass is 16.3. The number of anilines is 2. The Morgan fingerprint density at radius 3 is 3.00 bits per heavy atom. The summed E-state index contributed by atoms with van der Waals surface area (Å²) in [5, 5.41) is 12.9. The number of nitrogens with two attached hydrogens (primary N) is 1. The van der Waals surface area contributed by atoms with Crippen LogP contribution in [0.3, 0.4) is 0 Å². The first kappa shape index (κ1) is 14.2. The van der Waals surface area contributed by atoms with Crippen LogP contribution in [0.4, 0.5) is 11.8 Å². The van der Waals surface area contributed by atoms with Crippen LogP contribution in [-0.4, -0.2) is 32.2 Å². The Labute approximate surface area is 117 Å². The van der Waals surface area contributed by atoms with Crippen molar-refractivity contribution in [3.8, 4) is 0 Å². The third-order valence-electron chi connectivity index (χ3n) is 3.14. The predicted molar refractivity (Wildman–Crippen MR) is 80.3 cm³/mol. The fraction of sp³-hybridized carbons (Fsp3) is 0.357. The monoisotopic (exact) mass is 273 g/mol. The van der Waals surface area contributed by atoms with Gasteiger partial charge in [-0.15, -0.1) is 6.58 Å². The number of nitrogens with one attached hydrogen (secondary N) is 1. The van der Waals surface area contributed by atoms with Crippen molar-refractivity contribution in [1.29, 1.82) is 0 Å². The molecule has 2 heterocycles. The number of pyridine rings is 1. The Kier molecular flexibility index (Phi) is 4.14. The van der Waals surface area contributed by atoms with Gasteiger partial charge in [-0.1, -0.05) is 6.08 Å². The van der Waals surface area contributed by atoms with E-state index in [0.29, 0.717) is 16.9 Å². The number of aromatic nitrogens is 3. The molecule has 106 valence electrons. The van der Waals surface area contributed by atoms with Crippen molar-refractivity contribution in [1.82, 2.24) is 15.0 Å². The third-order valence-corrected chi connectivity index (χ3v) is 3.14. The van der Waals surface area contributed by atoms with Crippen molar-refractivity contribution >= 4 is 22.8 Å². The fourth-order valence-corrected chi connectivity index (χ4v) is 1.96. The van der Waals surface area contributed by atoms with Gasteiger partial charge in [-0.3, -0.25) is 4.98 Å². The summed E-state index contributed by atoms with van der Waals surface area (Å²) in [7, 11) is 0. The van der Waals surface area contributed by atoms with E-state index < -0.39 is 5.54 Å². The highest BCUT2D eigenvalue weighted by molar-refractivity contribution is 5.86. The van der Waals surface area contributed by atoms with Crippen LogP contribution < -0.4 is 11.1 Å². The number of hydrogen-bond donors (Lipinski definition) is 3. The second kappa shape index (κ2) is 5.83. The van der Waals surface area contributed by atoms with Crippen molar-refractivity contribution < 1.29 is 5.11 Å². The molecule has 0 radical (unpaired) electrons. The minimum Gasteiger partial charge on any atom is -0.394 e. The van der Waals surface area contributed by atoms with Crippen molar-refractivity contribution in [2.24, 2.45) is 0 Å². The van der Waals surface area contributed by atoms with Gasteiger partial charge in [-0.25, -0.2) is 4.98 Å². The topological polar surface area (TPSA) is 97.0 Å². The zero-order valence-corrected chi connectivity index (χ0v) is 11.5. The van der Waals surface area contributed by atoms with Crippen molar-refractivity contribution in [2.45, 2.75) is 25.3 Å². The maximum atomic E-state index is 9.62. The standard InChI is InChI=1S/C14H19N5O/c1-3-4-7-14(2,9-20)19-12-11-10(6-5-8-16-11)17-13(15)18-12/h3,5-6,8,20H,1,4,7,9H2,2H3,(H3,15,17,18,19). The smallest absolute Gasteiger partial charge is 0.222 e. The van der Waals surface area contributed by atoms with E-state index in [0.717, 1.165) is 12.8 Å². The third kappa shape index (κ3) is 3.03. The van der Waals surface area contributed by atoms with Gasteiger partial charge < -0.3 is 16.2 Å². The molecular formula is C14H19N5O. The Morgan fingerprint density at radius 1 is 1.50 bits per heavy atom. The summed E-state index contributed by atoms with van der Waals surface area (Å²) in [5.41, 5.74) is 6.51. The highest BCUT2D eigenvalue weighted by Gasteiger charge is 2.24. The summed E-state index contributed by atoms with van der Waals surface area (Å²) in [6, 6.07) is 3.62. The Hall–Kier alpha value is -2.21. The van der Waals surface area contributed by atoms with Crippen LogP contribution in [0.15, 0.2) is 31.0 Å². The lowest BCUT2D eigenvalue weighted by atomic mass is 9.96. The average molecular weight is 273 g/mol. The largest absolute Gasteiger partial charge is 0.394 e. The number of hydrogen-bond acceptors (Lipinski definition) is 6. The van der Waals surface area contributed by atoms with Gasteiger partial charge in [-0.2, -0.15) is 4.98 Å². The molecule has 0 fully saturated rings. The van der Waals surface area contributed by atoms with Crippen LogP contribution >= 0.6 is 0 Å². The summed E-state index contributed by atoms with van der Waals surface area (Å²) in [6.07, 6.45) is 5.01. The number of aliphatic hydroxyl groups is 1. The van der Waals surface area contributed by atoms with E-state index in [2.05, 4.69) is 26.8 Å². The number of allylic oxidation sites excluding steroid dienone is 1. The molecule has 0 aromatic carbocycles. The second-order valence-corrected chi connectivity index (χ2v) is 4.97. The highest BCUT2D eigenvalue weighted by Crippen LogP contribution is 2.24. The van der Waals surface area contributed by atoms with Gasteiger partial charge in [0.05, 0.1) is 17.7 Å². The molecule has 2 aromatic rings. The number of nitrogen functional groups attached to an aromatic ring is 1. The SMILES string of the molecule is C=CCCC(C)(CO)Nc1nc(N)nc2cccnc12. The number of rotatable bonds is 6. The van der Waals surface area contributed by atoms with E-state index in [-0.39, 0.29) is 12.6 Å². The molecule has 0 bridgehead atoms. The second-order valence-electron chi connectivity index (χ2n) is 4.97. The zero-order chi connectivity index (χ0) is 14.6. The van der Waals surface area contributed by atoms with Gasteiger partial charge in [0.25, 0.3) is 0 Å². The fourth-order valence-electron chi connectivity index (χ4n) is 1.96. The van der Waals surface area contributed by atoms with E-state index in [9.17, 15) is 5.11 Å². The van der Waals surface area contributed by atoms with Gasteiger partial charge in [0.15, 0.2) is 5.82 Å². The molecule has 1 unspecified atom stereocenters. The maximum absolute atomic E-state index is 9.62. The average Bonchev–Trinajstić information content (AvgIpc) is 2.45. The molecule has 0 amide bonds. The minimum atomic E-state index is -0.514. The summed E-state index contributed by atoms with van der Waals surface area (Å²) in [5.74, 6) is 0.714. The van der Waals surface area contributed by atoms with Gasteiger partial charge >= 0.3 is 0 Å². The molecule has 0 saturated heterocycles. The molecule has 6 heteroatoms. The summed E-state index contributed by atoms with van der Waals surface area (Å²) in [6.45, 7) is 5.59. The van der Waals surface area contributed by atoms with E-state index in [1.54, 1.807) is 12.3 Å². The van der Waals surface area contributed by atoms with Gasteiger partial charge in [0.2, 0.25) is 5.95 Å². The lowest BCUT2D eigenvalue weighted by molar-refractivity contribution is 0.215. The summed E-state index contributed by atoms with van der Waals surface area (Å²) < 4.78 is 0. The van der Waals surface area contributed by atoms with Crippen molar-refractivity contribution in [3.05, 3.63) is 31.0 Å². The first-order valence-corrected chi connectivity index (χ1v) is 6.46. The maximum Gasteiger partial charge on any atom is 0.222 e. The van der Waals surface area contributed by atoms with E-state index in [1.165, 1.54) is 0 Å². The Balaban J connectivity index is 2.39. The van der Waals surface area contributed by atoms with Gasteiger partial charge in [0.1, 0.15) is 5.52 Å². The van der Waals surface area contributed by atoms with Crippen LogP contribution in [-0.2, 0) is 0 Å². The van der Waals surface area contributed by atoms with Crippen LogP contribution in [0, 0.1) is 0 Å². The lowest BCUT2D eigenvalue weighted by Gasteiger charge is -2.29. The van der Waals surface area contributed by atoms with E-state index in [1.807, 2.05) is 19.1 Å². The molecule has 4 N–H and O–H groups in total. The van der Waals surface area contributed by atoms with E-state index >= 15 is 0 Å². The Morgan fingerprint density at radius 2 is 2.30 bits per heavy atom. The molecular weight excluding hydrogens is 254 g/mol. The van der Waals surface area contributed by atoms with Crippen molar-refractivity contribution in [3.63, 3.8) is 0 Å². The van der Waals surface area contributed by atoms with E-state index in [4.69, 9.17) is 5.73 Å². The first-order chi connectivity index (χ1) is 9.58. The molecule has 2 rings (SSSR count). The molecule has 2 aromatic heterocycles. The molecule has 20 heavy (non-hydrogen) atoms. The molecule has 0 spiro atoms. The van der Waals surface area contributed by atoms with Crippen LogP contribution in [0.2, 0.25) is 0 Å². The summed E-state index contributed by atoms with van der Waals surface area (Å²) in [4.78, 5) is 12.6. The van der Waals surface area contributed by atoms with Crippen molar-refractivity contribution in [2.75, 3.05) is 17.7 Å². The van der Waals surface area contributed by atoms with Gasteiger partial charge in [-0.05, 0) is 31.9 Å². The molecule has 1 atom stereocenters. The molecule has 0 aliphatic rings. The van der Waals surface area contributed by atoms with Crippen LogP contribution in [0.5, 0.6) is 0 Å². The molecule has 0 saturated carbocycles. The number of nitrogens with zero attached hydrogens (tertiary/aromatic N) is 3. The number of fused-ring (bicyclic) bond motifs is 1. The zero-order valence-electron chi connectivity index (χ0n) is 11.5. The summed E-state index contributed by atoms with van der Waals surface area (Å²) >= 11 is 0. The quantitative estimate of drug-likeness (QED) is 0.694. The lowest BCUT2D eigenvalue weighted by Crippen LogP contribution is -2.39. The Bertz CT molecular complexity index is 616. The molecule has 0 aliphatic heterocycles. The number of aliphatic hydroxyl groups excluding tert-OH is 1. The predicted octanol–water partition coefficient (Wildman–Crippen LogP) is 1.74. The van der Waals surface area contributed by atoms with Crippen LogP contribution in [0.25, 0.3) is 11.0 Å². The van der Waals surface area contributed by atoms with Gasteiger partial charge in [0, 0.05) is 6.20 Å². The van der Waals surface area contributed by atoms with Crippen LogP contribution in [0.1, 0.15) is 19.8 Å². The molecule has 0 aliphatic carbocycles. The minimum absolute atomic E-state index is 0.0287. The molecule has 6 nitrogen and oxygen atoms in total. The normalized spacial score (nSPS) is 13.9. The first-order valence-electron chi connectivity index (χ1n) is 6.46.